The third-order valence-corrected chi connectivity index (χ3v) is 4.04. The minimum absolute atomic E-state index is 0.166. The lowest BCUT2D eigenvalue weighted by molar-refractivity contribution is -0.114. The van der Waals surface area contributed by atoms with Crippen molar-refractivity contribution in [2.45, 2.75) is 46.6 Å². The van der Waals surface area contributed by atoms with Crippen LogP contribution in [0.25, 0.3) is 0 Å². The molecule has 2 amide bonds. The van der Waals surface area contributed by atoms with Crippen LogP contribution >= 0.6 is 0 Å². The molecule has 29 heavy (non-hydrogen) atoms. The molecule has 7 nitrogen and oxygen atoms in total. The first kappa shape index (κ1) is 22.2. The normalized spacial score (nSPS) is 11.8. The first-order valence-corrected chi connectivity index (χ1v) is 9.16. The van der Waals surface area contributed by atoms with Crippen molar-refractivity contribution in [3.05, 3.63) is 46.8 Å². The van der Waals surface area contributed by atoms with Crippen LogP contribution in [0.1, 0.15) is 54.0 Å². The fourth-order valence-corrected chi connectivity index (χ4v) is 2.69. The van der Waals surface area contributed by atoms with Crippen LogP contribution in [0.3, 0.4) is 0 Å². The van der Waals surface area contributed by atoms with Crippen molar-refractivity contribution in [3.63, 3.8) is 0 Å². The summed E-state index contributed by atoms with van der Waals surface area (Å²) < 4.78 is 29.8. The fraction of sp³-hybridized carbons (Fsp3) is 0.400. The van der Waals surface area contributed by atoms with E-state index in [4.69, 9.17) is 4.74 Å². The molecule has 2 aromatic rings. The van der Waals surface area contributed by atoms with Crippen molar-refractivity contribution in [2.75, 3.05) is 11.9 Å². The Labute approximate surface area is 167 Å². The number of aryl methyl sites for hydroxylation is 2. The van der Waals surface area contributed by atoms with E-state index in [1.807, 2.05) is 6.92 Å². The van der Waals surface area contributed by atoms with Gasteiger partial charge in [-0.3, -0.25) is 9.59 Å². The van der Waals surface area contributed by atoms with Gasteiger partial charge >= 0.3 is 0 Å². The van der Waals surface area contributed by atoms with Crippen LogP contribution in [0, 0.1) is 6.92 Å². The lowest BCUT2D eigenvalue weighted by Crippen LogP contribution is -2.27. The summed E-state index contributed by atoms with van der Waals surface area (Å²) in [6, 6.07) is 4.50. The van der Waals surface area contributed by atoms with Gasteiger partial charge in [0.05, 0.1) is 6.04 Å². The van der Waals surface area contributed by atoms with E-state index in [0.717, 1.165) is 0 Å². The maximum absolute atomic E-state index is 12.6. The number of ether oxygens (including phenoxy) is 1. The van der Waals surface area contributed by atoms with Gasteiger partial charge in [0.1, 0.15) is 5.82 Å². The Bertz CT molecular complexity index is 890. The van der Waals surface area contributed by atoms with Crippen molar-refractivity contribution in [3.8, 4) is 5.88 Å². The van der Waals surface area contributed by atoms with E-state index >= 15 is 0 Å². The van der Waals surface area contributed by atoms with Crippen molar-refractivity contribution in [2.24, 2.45) is 0 Å². The van der Waals surface area contributed by atoms with Crippen molar-refractivity contribution in [1.29, 1.82) is 0 Å². The first-order valence-electron chi connectivity index (χ1n) is 9.16. The first-order chi connectivity index (χ1) is 13.7. The SMILES string of the molecule is CCc1cc(C(C)NC(=O)c2cc(C)nc(NC(C)=O)c2)cnc1OCC(F)F. The molecule has 0 aliphatic carbocycles. The molecule has 2 heterocycles. The summed E-state index contributed by atoms with van der Waals surface area (Å²) in [6.45, 7) is 6.02. The Morgan fingerprint density at radius 2 is 1.97 bits per heavy atom. The van der Waals surface area contributed by atoms with Crippen LogP contribution in [-0.2, 0) is 11.2 Å². The monoisotopic (exact) mass is 406 g/mol. The smallest absolute Gasteiger partial charge is 0.272 e. The predicted molar refractivity (Wildman–Crippen MR) is 104 cm³/mol. The lowest BCUT2D eigenvalue weighted by atomic mass is 10.1. The highest BCUT2D eigenvalue weighted by Crippen LogP contribution is 2.22. The largest absolute Gasteiger partial charge is 0.471 e. The highest BCUT2D eigenvalue weighted by Gasteiger charge is 2.16. The molecule has 1 unspecified atom stereocenters. The Kier molecular flexibility index (Phi) is 7.58. The third kappa shape index (κ3) is 6.48. The molecule has 2 aromatic heterocycles. The fourth-order valence-electron chi connectivity index (χ4n) is 2.69. The topological polar surface area (TPSA) is 93.2 Å². The van der Waals surface area contributed by atoms with Crippen LogP contribution < -0.4 is 15.4 Å². The number of hydrogen-bond acceptors (Lipinski definition) is 5. The zero-order chi connectivity index (χ0) is 21.6. The highest BCUT2D eigenvalue weighted by molar-refractivity contribution is 5.96. The Balaban J connectivity index is 2.15. The van der Waals surface area contributed by atoms with Gasteiger partial charge in [0.25, 0.3) is 12.3 Å². The molecule has 0 saturated carbocycles. The van der Waals surface area contributed by atoms with Gasteiger partial charge in [-0.25, -0.2) is 18.7 Å². The molecule has 9 heteroatoms. The van der Waals surface area contributed by atoms with Crippen molar-refractivity contribution in [1.82, 2.24) is 15.3 Å². The van der Waals surface area contributed by atoms with Gasteiger partial charge in [0.2, 0.25) is 11.8 Å². The zero-order valence-electron chi connectivity index (χ0n) is 16.8. The van der Waals surface area contributed by atoms with Gasteiger partial charge in [0, 0.05) is 29.9 Å². The molecule has 0 spiro atoms. The number of nitrogens with zero attached hydrogens (tertiary/aromatic N) is 2. The molecule has 1 atom stereocenters. The zero-order valence-corrected chi connectivity index (χ0v) is 16.8. The molecule has 0 fully saturated rings. The van der Waals surface area contributed by atoms with Gasteiger partial charge in [-0.2, -0.15) is 0 Å². The second-order valence-corrected chi connectivity index (χ2v) is 6.55. The van der Waals surface area contributed by atoms with E-state index in [2.05, 4.69) is 20.6 Å². The Morgan fingerprint density at radius 1 is 1.24 bits per heavy atom. The number of alkyl halides is 2. The lowest BCUT2D eigenvalue weighted by Gasteiger charge is -2.17. The molecule has 156 valence electrons. The third-order valence-electron chi connectivity index (χ3n) is 4.04. The Hall–Kier alpha value is -3.10. The van der Waals surface area contributed by atoms with Gasteiger partial charge < -0.3 is 15.4 Å². The molecule has 2 rings (SSSR count). The number of pyridine rings is 2. The highest BCUT2D eigenvalue weighted by atomic mass is 19.3. The van der Waals surface area contributed by atoms with Crippen LogP contribution in [0.5, 0.6) is 5.88 Å². The van der Waals surface area contributed by atoms with Crippen molar-refractivity contribution < 1.29 is 23.1 Å². The summed E-state index contributed by atoms with van der Waals surface area (Å²) in [6.07, 6.45) is -0.541. The van der Waals surface area contributed by atoms with Crippen LogP contribution in [0.15, 0.2) is 24.4 Å². The van der Waals surface area contributed by atoms with Gasteiger partial charge in [0.15, 0.2) is 6.61 Å². The second kappa shape index (κ2) is 9.90. The summed E-state index contributed by atoms with van der Waals surface area (Å²) in [4.78, 5) is 32.2. The standard InChI is InChI=1S/C20H24F2N4O3/c1-5-14-7-16(9-23-20(14)29-10-17(21)22)12(3)25-19(28)15-6-11(2)24-18(8-15)26-13(4)27/h6-9,12,17H,5,10H2,1-4H3,(H,25,28)(H,24,26,27). The summed E-state index contributed by atoms with van der Waals surface area (Å²) in [5.74, 6) is -0.161. The van der Waals surface area contributed by atoms with E-state index < -0.39 is 13.0 Å². The number of halogens is 2. The molecule has 2 N–H and O–H groups in total. The number of aromatic nitrogens is 2. The van der Waals surface area contributed by atoms with E-state index in [9.17, 15) is 18.4 Å². The maximum atomic E-state index is 12.6. The average Bonchev–Trinajstić information content (AvgIpc) is 2.64. The summed E-state index contributed by atoms with van der Waals surface area (Å²) in [5, 5.41) is 5.42. The van der Waals surface area contributed by atoms with E-state index in [0.29, 0.717) is 34.6 Å². The second-order valence-electron chi connectivity index (χ2n) is 6.55. The number of amides is 2. The minimum atomic E-state index is -2.58. The van der Waals surface area contributed by atoms with Crippen LogP contribution in [0.4, 0.5) is 14.6 Å². The average molecular weight is 406 g/mol. The summed E-state index contributed by atoms with van der Waals surface area (Å²) in [5.41, 5.74) is 2.34. The van der Waals surface area contributed by atoms with Gasteiger partial charge in [-0.1, -0.05) is 6.92 Å². The molecule has 0 aliphatic rings. The molecular formula is C20H24F2N4O3. The number of rotatable bonds is 8. The molecule has 0 aromatic carbocycles. The summed E-state index contributed by atoms with van der Waals surface area (Å²) >= 11 is 0. The summed E-state index contributed by atoms with van der Waals surface area (Å²) in [7, 11) is 0. The molecular weight excluding hydrogens is 382 g/mol. The molecule has 0 bridgehead atoms. The maximum Gasteiger partial charge on any atom is 0.272 e. The van der Waals surface area contributed by atoms with Crippen molar-refractivity contribution >= 4 is 17.6 Å². The number of nitrogens with one attached hydrogen (secondary N) is 2. The molecule has 0 saturated heterocycles. The quantitative estimate of drug-likeness (QED) is 0.701. The minimum Gasteiger partial charge on any atom is -0.471 e. The predicted octanol–water partition coefficient (Wildman–Crippen LogP) is 3.44. The Morgan fingerprint density at radius 3 is 2.59 bits per heavy atom. The van der Waals surface area contributed by atoms with Crippen LogP contribution in [0.2, 0.25) is 0 Å². The van der Waals surface area contributed by atoms with E-state index in [-0.39, 0.29) is 23.7 Å². The number of carbonyl (C=O) groups excluding carboxylic acids is 2. The van der Waals surface area contributed by atoms with Gasteiger partial charge in [-0.15, -0.1) is 0 Å². The van der Waals surface area contributed by atoms with Crippen LogP contribution in [-0.4, -0.2) is 34.8 Å². The van der Waals surface area contributed by atoms with Gasteiger partial charge in [-0.05, 0) is 44.0 Å². The number of anilines is 1. The van der Waals surface area contributed by atoms with E-state index in [1.54, 1.807) is 26.0 Å². The molecule has 0 aliphatic heterocycles. The number of carbonyl (C=O) groups is 2. The van der Waals surface area contributed by atoms with E-state index in [1.165, 1.54) is 19.2 Å². The molecule has 0 radical (unpaired) electrons. The number of hydrogen-bond donors (Lipinski definition) is 2.